The van der Waals surface area contributed by atoms with Crippen molar-refractivity contribution < 1.29 is 14.4 Å². The zero-order valence-corrected chi connectivity index (χ0v) is 15.1. The first-order valence-corrected chi connectivity index (χ1v) is 9.26. The quantitative estimate of drug-likeness (QED) is 0.818. The number of carbonyl (C=O) groups is 3. The highest BCUT2D eigenvalue weighted by molar-refractivity contribution is 6.31. The van der Waals surface area contributed by atoms with Gasteiger partial charge in [0.2, 0.25) is 17.7 Å². The van der Waals surface area contributed by atoms with Crippen molar-refractivity contribution >= 4 is 29.3 Å². The molecule has 2 aliphatic rings. The number of likely N-dealkylation sites (tertiary alicyclic amines) is 1. The van der Waals surface area contributed by atoms with E-state index < -0.39 is 0 Å². The average molecular weight is 363 g/mol. The molecule has 6 heteroatoms. The Balaban J connectivity index is 1.55. The number of hydrogen-bond acceptors (Lipinski definition) is 3. The summed E-state index contributed by atoms with van der Waals surface area (Å²) in [6.45, 7) is 2.02. The molecule has 1 saturated heterocycles. The standard InChI is InChI=1S/C19H23ClN2O3/c1-12(13-6-4-5-9-16(13)20)21-17(23)10-11-22-18(24)14-7-2-3-8-15(14)19(22)25/h4-6,9,12,14-15H,2-3,7-8,10-11H2,1H3,(H,21,23)/t12-,14-,15+/m1/s1. The summed E-state index contributed by atoms with van der Waals surface area (Å²) in [4.78, 5) is 38.3. The molecule has 5 nitrogen and oxygen atoms in total. The zero-order chi connectivity index (χ0) is 18.0. The van der Waals surface area contributed by atoms with Gasteiger partial charge in [-0.05, 0) is 31.4 Å². The van der Waals surface area contributed by atoms with Gasteiger partial charge in [-0.3, -0.25) is 19.3 Å². The van der Waals surface area contributed by atoms with E-state index in [0.717, 1.165) is 31.2 Å². The number of amides is 3. The normalized spacial score (nSPS) is 24.2. The number of nitrogens with zero attached hydrogens (tertiary/aromatic N) is 1. The highest BCUT2D eigenvalue weighted by Crippen LogP contribution is 2.38. The van der Waals surface area contributed by atoms with Crippen LogP contribution in [-0.2, 0) is 14.4 Å². The van der Waals surface area contributed by atoms with Crippen LogP contribution in [0, 0.1) is 11.8 Å². The first-order valence-electron chi connectivity index (χ1n) is 8.88. The molecule has 3 amide bonds. The van der Waals surface area contributed by atoms with Gasteiger partial charge in [0.1, 0.15) is 0 Å². The highest BCUT2D eigenvalue weighted by Gasteiger charge is 2.47. The maximum Gasteiger partial charge on any atom is 0.233 e. The Hall–Kier alpha value is -1.88. The molecule has 3 atom stereocenters. The molecule has 134 valence electrons. The van der Waals surface area contributed by atoms with Crippen LogP contribution in [0.25, 0.3) is 0 Å². The summed E-state index contributed by atoms with van der Waals surface area (Å²) in [5.74, 6) is -0.705. The number of fused-ring (bicyclic) bond motifs is 1. The number of nitrogens with one attached hydrogen (secondary N) is 1. The van der Waals surface area contributed by atoms with Gasteiger partial charge >= 0.3 is 0 Å². The first kappa shape index (κ1) is 17.9. The Labute approximate surface area is 152 Å². The molecule has 1 aromatic carbocycles. The molecule has 1 N–H and O–H groups in total. The Kier molecular flexibility index (Phi) is 5.42. The highest BCUT2D eigenvalue weighted by atomic mass is 35.5. The number of imide groups is 1. The zero-order valence-electron chi connectivity index (χ0n) is 14.3. The minimum Gasteiger partial charge on any atom is -0.349 e. The molecular weight excluding hydrogens is 340 g/mol. The fraction of sp³-hybridized carbons (Fsp3) is 0.526. The lowest BCUT2D eigenvalue weighted by atomic mass is 9.81. The molecule has 1 heterocycles. The fourth-order valence-electron chi connectivity index (χ4n) is 3.88. The van der Waals surface area contributed by atoms with E-state index >= 15 is 0 Å². The maximum atomic E-state index is 12.4. The molecule has 0 spiro atoms. The Morgan fingerprint density at radius 1 is 1.20 bits per heavy atom. The van der Waals surface area contributed by atoms with E-state index in [1.807, 2.05) is 25.1 Å². The van der Waals surface area contributed by atoms with Crippen molar-refractivity contribution in [3.05, 3.63) is 34.9 Å². The van der Waals surface area contributed by atoms with Crippen molar-refractivity contribution in [1.82, 2.24) is 10.2 Å². The fourth-order valence-corrected chi connectivity index (χ4v) is 4.18. The van der Waals surface area contributed by atoms with Gasteiger partial charge in [0.25, 0.3) is 0 Å². The molecule has 0 aromatic heterocycles. The molecule has 0 radical (unpaired) electrons. The van der Waals surface area contributed by atoms with Crippen LogP contribution in [0.5, 0.6) is 0 Å². The second-order valence-corrected chi connectivity index (χ2v) is 7.29. The van der Waals surface area contributed by atoms with Crippen molar-refractivity contribution in [2.75, 3.05) is 6.54 Å². The van der Waals surface area contributed by atoms with E-state index in [0.29, 0.717) is 5.02 Å². The maximum absolute atomic E-state index is 12.4. The Bertz CT molecular complexity index is 667. The number of rotatable bonds is 5. The van der Waals surface area contributed by atoms with Gasteiger partial charge in [-0.25, -0.2) is 0 Å². The van der Waals surface area contributed by atoms with Crippen LogP contribution in [0.4, 0.5) is 0 Å². The molecule has 1 aliphatic heterocycles. The lowest BCUT2D eigenvalue weighted by Crippen LogP contribution is -2.36. The van der Waals surface area contributed by atoms with Crippen LogP contribution in [0.2, 0.25) is 5.02 Å². The van der Waals surface area contributed by atoms with Gasteiger partial charge in [-0.1, -0.05) is 42.6 Å². The van der Waals surface area contributed by atoms with E-state index in [4.69, 9.17) is 11.6 Å². The average Bonchev–Trinajstić information content (AvgIpc) is 2.85. The van der Waals surface area contributed by atoms with Crippen LogP contribution in [-0.4, -0.2) is 29.2 Å². The van der Waals surface area contributed by atoms with E-state index in [1.54, 1.807) is 6.07 Å². The molecule has 1 aromatic rings. The van der Waals surface area contributed by atoms with Gasteiger partial charge in [0, 0.05) is 18.0 Å². The monoisotopic (exact) mass is 362 g/mol. The largest absolute Gasteiger partial charge is 0.349 e. The molecule has 1 aliphatic carbocycles. The Morgan fingerprint density at radius 3 is 2.40 bits per heavy atom. The van der Waals surface area contributed by atoms with Crippen molar-refractivity contribution in [2.45, 2.75) is 45.1 Å². The number of carbonyl (C=O) groups excluding carboxylic acids is 3. The summed E-state index contributed by atoms with van der Waals surface area (Å²) in [5, 5.41) is 3.48. The smallest absolute Gasteiger partial charge is 0.233 e. The van der Waals surface area contributed by atoms with Crippen molar-refractivity contribution in [3.63, 3.8) is 0 Å². The second kappa shape index (κ2) is 7.56. The predicted molar refractivity (Wildman–Crippen MR) is 94.8 cm³/mol. The van der Waals surface area contributed by atoms with E-state index in [9.17, 15) is 14.4 Å². The van der Waals surface area contributed by atoms with Crippen LogP contribution >= 0.6 is 11.6 Å². The topological polar surface area (TPSA) is 66.5 Å². The summed E-state index contributed by atoms with van der Waals surface area (Å²) in [6, 6.07) is 7.13. The van der Waals surface area contributed by atoms with Crippen molar-refractivity contribution in [3.8, 4) is 0 Å². The van der Waals surface area contributed by atoms with Crippen LogP contribution in [0.1, 0.15) is 50.6 Å². The van der Waals surface area contributed by atoms with Gasteiger partial charge in [-0.15, -0.1) is 0 Å². The number of benzene rings is 1. The molecule has 0 unspecified atom stereocenters. The summed E-state index contributed by atoms with van der Waals surface area (Å²) in [7, 11) is 0. The first-order chi connectivity index (χ1) is 12.0. The van der Waals surface area contributed by atoms with E-state index in [-0.39, 0.29) is 48.6 Å². The molecule has 0 bridgehead atoms. The lowest BCUT2D eigenvalue weighted by molar-refractivity contribution is -0.140. The minimum atomic E-state index is -0.228. The third-order valence-corrected chi connectivity index (χ3v) is 5.59. The van der Waals surface area contributed by atoms with Gasteiger partial charge < -0.3 is 5.32 Å². The third-order valence-electron chi connectivity index (χ3n) is 5.24. The Morgan fingerprint density at radius 2 is 1.80 bits per heavy atom. The predicted octanol–water partition coefficient (Wildman–Crippen LogP) is 3.08. The SMILES string of the molecule is C[C@@H](NC(=O)CCN1C(=O)[C@H]2CCCC[C@H]2C1=O)c1ccccc1Cl. The summed E-state index contributed by atoms with van der Waals surface area (Å²) in [6.07, 6.45) is 3.71. The summed E-state index contributed by atoms with van der Waals surface area (Å²) < 4.78 is 0. The number of hydrogen-bond donors (Lipinski definition) is 1. The molecular formula is C19H23ClN2O3. The van der Waals surface area contributed by atoms with E-state index in [1.165, 1.54) is 4.90 Å². The van der Waals surface area contributed by atoms with Gasteiger partial charge in [-0.2, -0.15) is 0 Å². The van der Waals surface area contributed by atoms with Gasteiger partial charge in [0.05, 0.1) is 17.9 Å². The lowest BCUT2D eigenvalue weighted by Gasteiger charge is -2.19. The van der Waals surface area contributed by atoms with Crippen LogP contribution < -0.4 is 5.32 Å². The van der Waals surface area contributed by atoms with Crippen LogP contribution in [0.15, 0.2) is 24.3 Å². The second-order valence-electron chi connectivity index (χ2n) is 6.89. The summed E-state index contributed by atoms with van der Waals surface area (Å²) >= 11 is 6.14. The van der Waals surface area contributed by atoms with Gasteiger partial charge in [0.15, 0.2) is 0 Å². The van der Waals surface area contributed by atoms with Crippen LogP contribution in [0.3, 0.4) is 0 Å². The molecule has 2 fully saturated rings. The minimum absolute atomic E-state index is 0.0957. The molecule has 25 heavy (non-hydrogen) atoms. The van der Waals surface area contributed by atoms with Crippen molar-refractivity contribution in [2.24, 2.45) is 11.8 Å². The molecule has 3 rings (SSSR count). The van der Waals surface area contributed by atoms with Crippen molar-refractivity contribution in [1.29, 1.82) is 0 Å². The molecule has 1 saturated carbocycles. The third kappa shape index (κ3) is 3.71. The van der Waals surface area contributed by atoms with E-state index in [2.05, 4.69) is 5.32 Å². The summed E-state index contributed by atoms with van der Waals surface area (Å²) in [5.41, 5.74) is 0.844. The number of halogens is 1.